The number of rotatable bonds is 4. The molecule has 0 bridgehead atoms. The number of carbonyl (C=O) groups is 1. The first-order chi connectivity index (χ1) is 10.1. The lowest BCUT2D eigenvalue weighted by atomic mass is 9.95. The van der Waals surface area contributed by atoms with Gasteiger partial charge in [0.2, 0.25) is 0 Å². The average molecular weight is 307 g/mol. The number of hydrogen-bond donors (Lipinski definition) is 3. The minimum atomic E-state index is -0.115. The molecule has 0 aliphatic heterocycles. The van der Waals surface area contributed by atoms with Gasteiger partial charge in [-0.1, -0.05) is 12.1 Å². The summed E-state index contributed by atoms with van der Waals surface area (Å²) in [6.45, 7) is 1.94. The molecule has 0 heterocycles. The SMILES string of the molecule is CSC1CCC(NC(=O)Nc2ccc(C(C)N)cc2)CC1. The van der Waals surface area contributed by atoms with Crippen LogP contribution in [0.3, 0.4) is 0 Å². The predicted molar refractivity (Wildman–Crippen MR) is 90.8 cm³/mol. The molecule has 4 nitrogen and oxygen atoms in total. The third-order valence-electron chi connectivity index (χ3n) is 4.04. The van der Waals surface area contributed by atoms with Crippen LogP contribution < -0.4 is 16.4 Å². The average Bonchev–Trinajstić information content (AvgIpc) is 2.48. The lowest BCUT2D eigenvalue weighted by molar-refractivity contribution is 0.244. The van der Waals surface area contributed by atoms with Crippen molar-refractivity contribution in [2.24, 2.45) is 5.73 Å². The molecule has 1 aromatic carbocycles. The van der Waals surface area contributed by atoms with Gasteiger partial charge in [-0.2, -0.15) is 11.8 Å². The first kappa shape index (κ1) is 16.2. The summed E-state index contributed by atoms with van der Waals surface area (Å²) in [4.78, 5) is 12.0. The van der Waals surface area contributed by atoms with E-state index in [0.717, 1.165) is 29.3 Å². The highest BCUT2D eigenvalue weighted by Gasteiger charge is 2.21. The number of hydrogen-bond acceptors (Lipinski definition) is 3. The first-order valence-corrected chi connectivity index (χ1v) is 8.83. The lowest BCUT2D eigenvalue weighted by Crippen LogP contribution is -2.40. The molecule has 0 radical (unpaired) electrons. The summed E-state index contributed by atoms with van der Waals surface area (Å²) in [6.07, 6.45) is 6.69. The standard InChI is InChI=1S/C16H25N3OS/c1-11(17)12-3-5-13(6-4-12)18-16(20)19-14-7-9-15(21-2)10-8-14/h3-6,11,14-15H,7-10,17H2,1-2H3,(H2,18,19,20). The zero-order valence-corrected chi connectivity index (χ0v) is 13.6. The molecule has 0 spiro atoms. The van der Waals surface area contributed by atoms with Crippen LogP contribution in [0.15, 0.2) is 24.3 Å². The smallest absolute Gasteiger partial charge is 0.319 e. The van der Waals surface area contributed by atoms with Crippen LogP contribution in [0, 0.1) is 0 Å². The second-order valence-electron chi connectivity index (χ2n) is 5.72. The Morgan fingerprint density at radius 2 is 1.86 bits per heavy atom. The molecule has 0 aromatic heterocycles. The molecule has 116 valence electrons. The zero-order valence-electron chi connectivity index (χ0n) is 12.8. The van der Waals surface area contributed by atoms with Gasteiger partial charge in [-0.15, -0.1) is 0 Å². The Hall–Kier alpha value is -1.20. The Balaban J connectivity index is 1.79. The maximum absolute atomic E-state index is 12.0. The zero-order chi connectivity index (χ0) is 15.2. The number of urea groups is 1. The molecule has 0 saturated heterocycles. The quantitative estimate of drug-likeness (QED) is 0.797. The summed E-state index contributed by atoms with van der Waals surface area (Å²) < 4.78 is 0. The van der Waals surface area contributed by atoms with Crippen molar-refractivity contribution in [3.8, 4) is 0 Å². The van der Waals surface area contributed by atoms with Crippen LogP contribution in [-0.4, -0.2) is 23.6 Å². The molecule has 1 aromatic rings. The summed E-state index contributed by atoms with van der Waals surface area (Å²) in [5, 5.41) is 6.71. The van der Waals surface area contributed by atoms with Gasteiger partial charge in [0.25, 0.3) is 0 Å². The monoisotopic (exact) mass is 307 g/mol. The molecule has 5 heteroatoms. The summed E-state index contributed by atoms with van der Waals surface area (Å²) in [5.74, 6) is 0. The molecular formula is C16H25N3OS. The molecule has 1 unspecified atom stereocenters. The van der Waals surface area contributed by atoms with Crippen molar-refractivity contribution in [3.63, 3.8) is 0 Å². The van der Waals surface area contributed by atoms with Gasteiger partial charge in [0.05, 0.1) is 0 Å². The molecule has 1 aliphatic rings. The van der Waals surface area contributed by atoms with Gasteiger partial charge < -0.3 is 16.4 Å². The second kappa shape index (κ2) is 7.71. The maximum atomic E-state index is 12.0. The van der Waals surface area contributed by atoms with E-state index in [-0.39, 0.29) is 12.1 Å². The fourth-order valence-corrected chi connectivity index (χ4v) is 3.41. The molecule has 21 heavy (non-hydrogen) atoms. The first-order valence-electron chi connectivity index (χ1n) is 7.54. The van der Waals surface area contributed by atoms with Gasteiger partial charge in [0.15, 0.2) is 0 Å². The molecule has 2 amide bonds. The van der Waals surface area contributed by atoms with Crippen molar-refractivity contribution < 1.29 is 4.79 Å². The van der Waals surface area contributed by atoms with Crippen molar-refractivity contribution in [2.45, 2.75) is 49.9 Å². The predicted octanol–water partition coefficient (Wildman–Crippen LogP) is 3.50. The highest BCUT2D eigenvalue weighted by atomic mass is 32.2. The molecule has 1 saturated carbocycles. The van der Waals surface area contributed by atoms with E-state index in [4.69, 9.17) is 5.73 Å². The van der Waals surface area contributed by atoms with Crippen molar-refractivity contribution in [2.75, 3.05) is 11.6 Å². The van der Waals surface area contributed by atoms with E-state index < -0.39 is 0 Å². The van der Waals surface area contributed by atoms with Gasteiger partial charge in [-0.05, 0) is 56.6 Å². The highest BCUT2D eigenvalue weighted by Crippen LogP contribution is 2.26. The van der Waals surface area contributed by atoms with Crippen molar-refractivity contribution >= 4 is 23.5 Å². The van der Waals surface area contributed by atoms with Crippen LogP contribution >= 0.6 is 11.8 Å². The maximum Gasteiger partial charge on any atom is 0.319 e. The summed E-state index contributed by atoms with van der Waals surface area (Å²) >= 11 is 1.93. The topological polar surface area (TPSA) is 67.2 Å². The van der Waals surface area contributed by atoms with E-state index in [1.54, 1.807) is 0 Å². The normalized spacial score (nSPS) is 23.4. The minimum absolute atomic E-state index is 0.0134. The van der Waals surface area contributed by atoms with Crippen LogP contribution in [-0.2, 0) is 0 Å². The number of carbonyl (C=O) groups excluding carboxylic acids is 1. The van der Waals surface area contributed by atoms with E-state index in [1.165, 1.54) is 12.8 Å². The van der Waals surface area contributed by atoms with Gasteiger partial charge in [0.1, 0.15) is 0 Å². The number of benzene rings is 1. The van der Waals surface area contributed by atoms with Crippen molar-refractivity contribution in [3.05, 3.63) is 29.8 Å². The Labute approximate surface area is 131 Å². The summed E-state index contributed by atoms with van der Waals surface area (Å²) in [5.41, 5.74) is 7.68. The fourth-order valence-electron chi connectivity index (χ4n) is 2.67. The Bertz CT molecular complexity index is 453. The Morgan fingerprint density at radius 1 is 1.24 bits per heavy atom. The number of anilines is 1. The van der Waals surface area contributed by atoms with E-state index in [0.29, 0.717) is 6.04 Å². The molecule has 4 N–H and O–H groups in total. The van der Waals surface area contributed by atoms with Crippen LogP contribution in [0.4, 0.5) is 10.5 Å². The third kappa shape index (κ3) is 4.93. The van der Waals surface area contributed by atoms with E-state index in [9.17, 15) is 4.79 Å². The van der Waals surface area contributed by atoms with Crippen LogP contribution in [0.2, 0.25) is 0 Å². The number of nitrogens with one attached hydrogen (secondary N) is 2. The lowest BCUT2D eigenvalue weighted by Gasteiger charge is -2.28. The molecule has 1 aliphatic carbocycles. The molecule has 1 atom stereocenters. The van der Waals surface area contributed by atoms with Crippen LogP contribution in [0.1, 0.15) is 44.2 Å². The van der Waals surface area contributed by atoms with Gasteiger partial charge >= 0.3 is 6.03 Å². The van der Waals surface area contributed by atoms with Gasteiger partial charge in [-0.3, -0.25) is 0 Å². The minimum Gasteiger partial charge on any atom is -0.335 e. The van der Waals surface area contributed by atoms with E-state index in [2.05, 4.69) is 16.9 Å². The third-order valence-corrected chi connectivity index (χ3v) is 5.18. The van der Waals surface area contributed by atoms with E-state index in [1.807, 2.05) is 43.0 Å². The van der Waals surface area contributed by atoms with Crippen LogP contribution in [0.5, 0.6) is 0 Å². The second-order valence-corrected chi connectivity index (χ2v) is 6.86. The van der Waals surface area contributed by atoms with Crippen LogP contribution in [0.25, 0.3) is 0 Å². The Morgan fingerprint density at radius 3 is 2.38 bits per heavy atom. The van der Waals surface area contributed by atoms with E-state index >= 15 is 0 Å². The van der Waals surface area contributed by atoms with Crippen molar-refractivity contribution in [1.82, 2.24) is 5.32 Å². The largest absolute Gasteiger partial charge is 0.335 e. The fraction of sp³-hybridized carbons (Fsp3) is 0.562. The summed E-state index contributed by atoms with van der Waals surface area (Å²) in [6, 6.07) is 7.88. The van der Waals surface area contributed by atoms with Gasteiger partial charge in [0, 0.05) is 23.0 Å². The molecule has 1 fully saturated rings. The highest BCUT2D eigenvalue weighted by molar-refractivity contribution is 7.99. The Kier molecular flexibility index (Phi) is 5.94. The molecule has 2 rings (SSSR count). The van der Waals surface area contributed by atoms with Gasteiger partial charge in [-0.25, -0.2) is 4.79 Å². The summed E-state index contributed by atoms with van der Waals surface area (Å²) in [7, 11) is 0. The number of nitrogens with two attached hydrogens (primary N) is 1. The van der Waals surface area contributed by atoms with Crippen molar-refractivity contribution in [1.29, 1.82) is 0 Å². The number of thioether (sulfide) groups is 1. The number of amides is 2. The molecular weight excluding hydrogens is 282 g/mol.